The van der Waals surface area contributed by atoms with Gasteiger partial charge in [0, 0.05) is 44.5 Å². The van der Waals surface area contributed by atoms with Crippen LogP contribution in [0.25, 0.3) is 10.9 Å². The summed E-state index contributed by atoms with van der Waals surface area (Å²) in [4.78, 5) is 26.1. The number of nitrogens with zero attached hydrogens (tertiary/aromatic N) is 3. The van der Waals surface area contributed by atoms with Crippen LogP contribution in [0.2, 0.25) is 0 Å². The van der Waals surface area contributed by atoms with E-state index in [-0.39, 0.29) is 17.7 Å². The second kappa shape index (κ2) is 6.15. The van der Waals surface area contributed by atoms with Crippen molar-refractivity contribution in [1.82, 2.24) is 20.4 Å². The predicted octanol–water partition coefficient (Wildman–Crippen LogP) is 0.892. The minimum Gasteiger partial charge on any atom is -0.365 e. The molecule has 2 N–H and O–H groups in total. The Kier molecular flexibility index (Phi) is 3.95. The predicted molar refractivity (Wildman–Crippen MR) is 95.5 cm³/mol. The Morgan fingerprint density at radius 2 is 2.12 bits per heavy atom. The van der Waals surface area contributed by atoms with Crippen LogP contribution in [-0.2, 0) is 16.6 Å². The number of aryl methyl sites for hydroxylation is 1. The van der Waals surface area contributed by atoms with Gasteiger partial charge in [0.05, 0.1) is 22.8 Å². The fraction of sp³-hybridized carbons (Fsp3) is 0.500. The van der Waals surface area contributed by atoms with Crippen LogP contribution >= 0.6 is 0 Å². The lowest BCUT2D eigenvalue weighted by Crippen LogP contribution is -2.50. The first-order valence-corrected chi connectivity index (χ1v) is 8.83. The van der Waals surface area contributed by atoms with Gasteiger partial charge >= 0.3 is 0 Å². The Morgan fingerprint density at radius 1 is 1.28 bits per heavy atom. The average Bonchev–Trinajstić information content (AvgIpc) is 2.92. The SMILES string of the molecule is CC1CNCCN1c1cccc2c(C3CCC(=O)NC3=O)nn(C)c12. The number of nitrogens with one attached hydrogen (secondary N) is 2. The van der Waals surface area contributed by atoms with Crippen LogP contribution in [0.4, 0.5) is 5.69 Å². The maximum absolute atomic E-state index is 12.3. The summed E-state index contributed by atoms with van der Waals surface area (Å²) in [6.07, 6.45) is 0.883. The van der Waals surface area contributed by atoms with E-state index in [9.17, 15) is 9.59 Å². The highest BCUT2D eigenvalue weighted by Crippen LogP contribution is 2.35. The maximum Gasteiger partial charge on any atom is 0.235 e. The van der Waals surface area contributed by atoms with E-state index in [1.807, 2.05) is 23.9 Å². The molecule has 0 saturated carbocycles. The standard InChI is InChI=1S/C18H23N5O2/c1-11-10-19-8-9-23(11)14-5-3-4-12-16(21-22(2)17(12)14)13-6-7-15(24)20-18(13)25/h3-5,11,13,19H,6-10H2,1-2H3,(H,20,24,25). The van der Waals surface area contributed by atoms with Crippen LogP contribution in [0.3, 0.4) is 0 Å². The van der Waals surface area contributed by atoms with Gasteiger partial charge in [0.1, 0.15) is 0 Å². The molecule has 25 heavy (non-hydrogen) atoms. The molecule has 2 atom stereocenters. The number of aromatic nitrogens is 2. The number of para-hydroxylation sites is 1. The van der Waals surface area contributed by atoms with Gasteiger partial charge in [-0.2, -0.15) is 5.10 Å². The van der Waals surface area contributed by atoms with Crippen molar-refractivity contribution in [2.24, 2.45) is 7.05 Å². The fourth-order valence-corrected chi connectivity index (χ4v) is 3.99. The second-order valence-electron chi connectivity index (χ2n) is 6.93. The molecule has 4 rings (SSSR count). The summed E-state index contributed by atoms with van der Waals surface area (Å²) >= 11 is 0. The molecule has 2 unspecified atom stereocenters. The lowest BCUT2D eigenvalue weighted by molar-refractivity contribution is -0.134. The number of carbonyl (C=O) groups is 2. The molecule has 7 heteroatoms. The van der Waals surface area contributed by atoms with E-state index < -0.39 is 0 Å². The van der Waals surface area contributed by atoms with Crippen molar-refractivity contribution in [3.63, 3.8) is 0 Å². The molecular formula is C18H23N5O2. The van der Waals surface area contributed by atoms with Crippen LogP contribution in [0, 0.1) is 0 Å². The van der Waals surface area contributed by atoms with Crippen molar-refractivity contribution in [1.29, 1.82) is 0 Å². The Balaban J connectivity index is 1.80. The summed E-state index contributed by atoms with van der Waals surface area (Å²) in [5.74, 6) is -0.800. The van der Waals surface area contributed by atoms with Gasteiger partial charge in [-0.3, -0.25) is 19.6 Å². The van der Waals surface area contributed by atoms with Crippen molar-refractivity contribution in [3.8, 4) is 0 Å². The normalized spacial score (nSPS) is 24.6. The smallest absolute Gasteiger partial charge is 0.235 e. The number of rotatable bonds is 2. The van der Waals surface area contributed by atoms with Gasteiger partial charge < -0.3 is 10.2 Å². The zero-order valence-corrected chi connectivity index (χ0v) is 14.6. The molecule has 2 amide bonds. The molecule has 1 aromatic carbocycles. The number of fused-ring (bicyclic) bond motifs is 1. The number of piperazine rings is 1. The molecular weight excluding hydrogens is 318 g/mol. The van der Waals surface area contributed by atoms with Gasteiger partial charge in [0.2, 0.25) is 11.8 Å². The largest absolute Gasteiger partial charge is 0.365 e. The fourth-order valence-electron chi connectivity index (χ4n) is 3.99. The zero-order valence-electron chi connectivity index (χ0n) is 14.6. The topological polar surface area (TPSA) is 79.3 Å². The Hall–Kier alpha value is -2.41. The zero-order chi connectivity index (χ0) is 17.6. The molecule has 0 aliphatic carbocycles. The number of hydrogen-bond donors (Lipinski definition) is 2. The minimum atomic E-state index is -0.364. The van der Waals surface area contributed by atoms with Crippen LogP contribution in [0.15, 0.2) is 18.2 Å². The van der Waals surface area contributed by atoms with E-state index in [4.69, 9.17) is 0 Å². The molecule has 0 spiro atoms. The number of hydrogen-bond acceptors (Lipinski definition) is 5. The third-order valence-electron chi connectivity index (χ3n) is 5.25. The Morgan fingerprint density at radius 3 is 2.88 bits per heavy atom. The third-order valence-corrected chi connectivity index (χ3v) is 5.25. The highest BCUT2D eigenvalue weighted by Gasteiger charge is 2.32. The molecule has 0 bridgehead atoms. The number of benzene rings is 1. The average molecular weight is 341 g/mol. The monoisotopic (exact) mass is 341 g/mol. The highest BCUT2D eigenvalue weighted by atomic mass is 16.2. The minimum absolute atomic E-state index is 0.197. The number of imide groups is 1. The summed E-state index contributed by atoms with van der Waals surface area (Å²) in [5, 5.41) is 11.5. The number of carbonyl (C=O) groups excluding carboxylic acids is 2. The van der Waals surface area contributed by atoms with E-state index >= 15 is 0 Å². The van der Waals surface area contributed by atoms with Crippen LogP contribution in [-0.4, -0.2) is 47.3 Å². The van der Waals surface area contributed by atoms with Crippen molar-refractivity contribution >= 4 is 28.4 Å². The molecule has 132 valence electrons. The van der Waals surface area contributed by atoms with Gasteiger partial charge in [0.15, 0.2) is 0 Å². The molecule has 2 aliphatic heterocycles. The molecule has 2 saturated heterocycles. The number of piperidine rings is 1. The van der Waals surface area contributed by atoms with Crippen molar-refractivity contribution in [3.05, 3.63) is 23.9 Å². The van der Waals surface area contributed by atoms with Crippen molar-refractivity contribution in [2.45, 2.75) is 31.7 Å². The van der Waals surface area contributed by atoms with E-state index in [0.29, 0.717) is 18.9 Å². The first-order valence-electron chi connectivity index (χ1n) is 8.83. The highest BCUT2D eigenvalue weighted by molar-refractivity contribution is 6.03. The summed E-state index contributed by atoms with van der Waals surface area (Å²) in [6, 6.07) is 6.58. The summed E-state index contributed by atoms with van der Waals surface area (Å²) in [6.45, 7) is 5.06. The summed E-state index contributed by atoms with van der Waals surface area (Å²) in [7, 11) is 1.92. The van der Waals surface area contributed by atoms with Crippen LogP contribution in [0.1, 0.15) is 31.4 Å². The van der Waals surface area contributed by atoms with Gasteiger partial charge in [-0.15, -0.1) is 0 Å². The molecule has 2 aromatic rings. The van der Waals surface area contributed by atoms with Gasteiger partial charge in [-0.1, -0.05) is 12.1 Å². The van der Waals surface area contributed by atoms with Crippen molar-refractivity contribution < 1.29 is 9.59 Å². The molecule has 2 fully saturated rings. The van der Waals surface area contributed by atoms with Gasteiger partial charge in [-0.05, 0) is 19.4 Å². The molecule has 1 aromatic heterocycles. The third kappa shape index (κ3) is 2.68. The van der Waals surface area contributed by atoms with E-state index in [1.165, 1.54) is 0 Å². The first-order chi connectivity index (χ1) is 12.1. The van der Waals surface area contributed by atoms with Gasteiger partial charge in [-0.25, -0.2) is 0 Å². The first kappa shape index (κ1) is 16.1. The second-order valence-corrected chi connectivity index (χ2v) is 6.93. The molecule has 2 aliphatic rings. The molecule has 0 radical (unpaired) electrons. The molecule has 7 nitrogen and oxygen atoms in total. The van der Waals surface area contributed by atoms with Crippen LogP contribution < -0.4 is 15.5 Å². The maximum atomic E-state index is 12.3. The Labute approximate surface area is 146 Å². The summed E-state index contributed by atoms with van der Waals surface area (Å²) in [5.41, 5.74) is 2.98. The van der Waals surface area contributed by atoms with Crippen molar-refractivity contribution in [2.75, 3.05) is 24.5 Å². The Bertz CT molecular complexity index is 843. The van der Waals surface area contributed by atoms with Gasteiger partial charge in [0.25, 0.3) is 0 Å². The van der Waals surface area contributed by atoms with E-state index in [2.05, 4.69) is 33.6 Å². The lowest BCUT2D eigenvalue weighted by Gasteiger charge is -2.36. The lowest BCUT2D eigenvalue weighted by atomic mass is 9.92. The number of amides is 2. The summed E-state index contributed by atoms with van der Waals surface area (Å²) < 4.78 is 1.87. The molecule has 3 heterocycles. The van der Waals surface area contributed by atoms with E-state index in [1.54, 1.807) is 0 Å². The van der Waals surface area contributed by atoms with E-state index in [0.717, 1.165) is 41.9 Å². The number of anilines is 1. The quantitative estimate of drug-likeness (QED) is 0.793. The van der Waals surface area contributed by atoms with Crippen LogP contribution in [0.5, 0.6) is 0 Å².